The van der Waals surface area contributed by atoms with E-state index in [1.807, 2.05) is 12.1 Å². The van der Waals surface area contributed by atoms with E-state index in [1.54, 1.807) is 68.1 Å². The summed E-state index contributed by atoms with van der Waals surface area (Å²) < 4.78 is 33.0. The largest absolute Gasteiger partial charge is 0.497 e. The zero-order valence-corrected chi connectivity index (χ0v) is 31.5. The summed E-state index contributed by atoms with van der Waals surface area (Å²) in [6, 6.07) is 18.0. The highest BCUT2D eigenvalue weighted by molar-refractivity contribution is 5.93. The number of esters is 3. The summed E-state index contributed by atoms with van der Waals surface area (Å²) in [5, 5.41) is 8.57. The fourth-order valence-electron chi connectivity index (χ4n) is 5.05. The molecular weight excluding hydrogens is 688 g/mol. The number of hydrogen-bond acceptors (Lipinski definition) is 11. The molecule has 0 N–H and O–H groups in total. The number of methoxy groups -OCH3 is 1. The van der Waals surface area contributed by atoms with Crippen LogP contribution >= 0.6 is 0 Å². The highest BCUT2D eigenvalue weighted by atomic mass is 16.5. The van der Waals surface area contributed by atoms with Gasteiger partial charge in [0, 0.05) is 23.3 Å². The lowest BCUT2D eigenvalue weighted by molar-refractivity contribution is -0.138. The molecular formula is C43H52N2O9. The fraction of sp³-hybridized carbons (Fsp3) is 0.372. The van der Waals surface area contributed by atoms with Crippen LogP contribution in [0.3, 0.4) is 0 Å². The molecule has 0 aliphatic heterocycles. The smallest absolute Gasteiger partial charge is 0.343 e. The van der Waals surface area contributed by atoms with Crippen molar-refractivity contribution in [3.05, 3.63) is 108 Å². The predicted octanol–water partition coefficient (Wildman–Crippen LogP) is 8.66. The maximum Gasteiger partial charge on any atom is 0.343 e. The molecule has 288 valence electrons. The van der Waals surface area contributed by atoms with Crippen LogP contribution in [0, 0.1) is 0 Å². The van der Waals surface area contributed by atoms with Crippen molar-refractivity contribution in [2.75, 3.05) is 33.5 Å². The van der Waals surface area contributed by atoms with Crippen molar-refractivity contribution >= 4 is 30.3 Å². The average Bonchev–Trinajstić information content (AvgIpc) is 3.19. The van der Waals surface area contributed by atoms with E-state index in [9.17, 15) is 14.4 Å². The molecule has 0 spiro atoms. The van der Waals surface area contributed by atoms with Gasteiger partial charge in [-0.3, -0.25) is 0 Å². The second kappa shape index (κ2) is 25.3. The number of rotatable bonds is 26. The SMILES string of the molecule is C=CC(=O)OCCCCCCOc1ccc(C(=O)Oc2ccc(CCCCC)cc2/C=N/N=C/c2cc(OC)ccc2OCCCCOC(=O)C=C)cc1. The predicted molar refractivity (Wildman–Crippen MR) is 210 cm³/mol. The van der Waals surface area contributed by atoms with Gasteiger partial charge >= 0.3 is 17.9 Å². The summed E-state index contributed by atoms with van der Waals surface area (Å²) in [5.41, 5.74) is 2.77. The Labute approximate surface area is 318 Å². The van der Waals surface area contributed by atoms with Crippen LogP contribution in [0.4, 0.5) is 0 Å². The zero-order valence-electron chi connectivity index (χ0n) is 31.5. The normalized spacial score (nSPS) is 10.9. The molecule has 0 unspecified atom stereocenters. The Morgan fingerprint density at radius 1 is 0.630 bits per heavy atom. The van der Waals surface area contributed by atoms with Gasteiger partial charge in [-0.15, -0.1) is 0 Å². The van der Waals surface area contributed by atoms with Crippen LogP contribution in [-0.4, -0.2) is 63.9 Å². The monoisotopic (exact) mass is 740 g/mol. The van der Waals surface area contributed by atoms with Gasteiger partial charge in [0.25, 0.3) is 0 Å². The van der Waals surface area contributed by atoms with E-state index in [2.05, 4.69) is 30.3 Å². The molecule has 0 heterocycles. The summed E-state index contributed by atoms with van der Waals surface area (Å²) >= 11 is 0. The molecule has 0 bridgehead atoms. The van der Waals surface area contributed by atoms with E-state index in [-0.39, 0.29) is 0 Å². The summed E-state index contributed by atoms with van der Waals surface area (Å²) in [6.07, 6.45) is 14.5. The number of carbonyl (C=O) groups is 3. The van der Waals surface area contributed by atoms with E-state index in [1.165, 1.54) is 0 Å². The number of ether oxygens (including phenoxy) is 6. The summed E-state index contributed by atoms with van der Waals surface area (Å²) in [4.78, 5) is 35.5. The van der Waals surface area contributed by atoms with Gasteiger partial charge in [0.1, 0.15) is 23.0 Å². The number of unbranched alkanes of at least 4 members (excludes halogenated alkanes) is 6. The summed E-state index contributed by atoms with van der Waals surface area (Å²) in [7, 11) is 1.58. The maximum absolute atomic E-state index is 13.2. The van der Waals surface area contributed by atoms with E-state index < -0.39 is 17.9 Å². The van der Waals surface area contributed by atoms with Gasteiger partial charge < -0.3 is 28.4 Å². The van der Waals surface area contributed by atoms with Crippen molar-refractivity contribution in [1.82, 2.24) is 0 Å². The molecule has 0 atom stereocenters. The third-order valence-electron chi connectivity index (χ3n) is 8.04. The number of aryl methyl sites for hydroxylation is 1. The molecule has 0 aromatic heterocycles. The van der Waals surface area contributed by atoms with Crippen LogP contribution in [0.15, 0.2) is 96.2 Å². The van der Waals surface area contributed by atoms with Crippen LogP contribution in [-0.2, 0) is 25.5 Å². The second-order valence-corrected chi connectivity index (χ2v) is 12.2. The number of carbonyl (C=O) groups excluding carboxylic acids is 3. The van der Waals surface area contributed by atoms with Crippen molar-refractivity contribution < 1.29 is 42.8 Å². The molecule has 0 fully saturated rings. The third-order valence-corrected chi connectivity index (χ3v) is 8.04. The molecule has 0 amide bonds. The number of benzene rings is 3. The molecule has 54 heavy (non-hydrogen) atoms. The van der Waals surface area contributed by atoms with Crippen molar-refractivity contribution in [2.45, 2.75) is 71.1 Å². The first-order valence-electron chi connectivity index (χ1n) is 18.4. The zero-order chi connectivity index (χ0) is 38.8. The van der Waals surface area contributed by atoms with Crippen molar-refractivity contribution in [3.8, 4) is 23.0 Å². The van der Waals surface area contributed by atoms with Crippen molar-refractivity contribution in [3.63, 3.8) is 0 Å². The average molecular weight is 741 g/mol. The fourth-order valence-corrected chi connectivity index (χ4v) is 5.05. The quantitative estimate of drug-likeness (QED) is 0.0198. The van der Waals surface area contributed by atoms with Gasteiger partial charge in [-0.25, -0.2) is 14.4 Å². The van der Waals surface area contributed by atoms with E-state index in [0.717, 1.165) is 69.1 Å². The van der Waals surface area contributed by atoms with Crippen molar-refractivity contribution in [1.29, 1.82) is 0 Å². The lowest BCUT2D eigenvalue weighted by atomic mass is 10.0. The molecule has 11 heteroatoms. The highest BCUT2D eigenvalue weighted by Crippen LogP contribution is 2.25. The minimum Gasteiger partial charge on any atom is -0.497 e. The molecule has 0 aliphatic rings. The van der Waals surface area contributed by atoms with Gasteiger partial charge in [-0.05, 0) is 112 Å². The molecule has 3 aromatic rings. The van der Waals surface area contributed by atoms with Crippen LogP contribution in [0.5, 0.6) is 23.0 Å². The Morgan fingerprint density at radius 2 is 1.20 bits per heavy atom. The van der Waals surface area contributed by atoms with Crippen molar-refractivity contribution in [2.24, 2.45) is 10.2 Å². The molecule has 0 radical (unpaired) electrons. The summed E-state index contributed by atoms with van der Waals surface area (Å²) in [5.74, 6) is 0.898. The lowest BCUT2D eigenvalue weighted by Gasteiger charge is -2.11. The second-order valence-electron chi connectivity index (χ2n) is 12.2. The van der Waals surface area contributed by atoms with E-state index >= 15 is 0 Å². The Balaban J connectivity index is 1.62. The molecule has 3 aromatic carbocycles. The maximum atomic E-state index is 13.2. The Bertz CT molecular complexity index is 1700. The number of hydrogen-bond donors (Lipinski definition) is 0. The first kappa shape index (κ1) is 42.7. The Morgan fingerprint density at radius 3 is 1.85 bits per heavy atom. The number of nitrogens with zero attached hydrogens (tertiary/aromatic N) is 2. The van der Waals surface area contributed by atoms with Crippen LogP contribution in [0.2, 0.25) is 0 Å². The van der Waals surface area contributed by atoms with Gasteiger partial charge in [0.2, 0.25) is 0 Å². The highest BCUT2D eigenvalue weighted by Gasteiger charge is 2.13. The molecule has 0 saturated heterocycles. The van der Waals surface area contributed by atoms with E-state index in [4.69, 9.17) is 28.4 Å². The topological polar surface area (TPSA) is 131 Å². The van der Waals surface area contributed by atoms with E-state index in [0.29, 0.717) is 79.0 Å². The van der Waals surface area contributed by atoms with Gasteiger partial charge in [-0.2, -0.15) is 10.2 Å². The Hall–Kier alpha value is -5.71. The molecule has 0 aliphatic carbocycles. The standard InChI is InChI=1S/C43H52N2O9/c1-5-8-11-16-33-17-23-40(54-43(48)34-18-20-37(21-19-34)50-25-12-9-10-13-27-52-41(46)6-2)35(29-33)31-44-45-32-36-30-38(49-4)22-24-39(36)51-26-14-15-28-53-42(47)7-3/h6-7,17-24,29-32H,2-3,5,8-16,25-28H2,1,4H3/b44-31+,45-32+. The first-order valence-corrected chi connectivity index (χ1v) is 18.4. The van der Waals surface area contributed by atoms with Gasteiger partial charge in [0.05, 0.1) is 51.5 Å². The Kier molecular flexibility index (Phi) is 20.0. The molecule has 0 saturated carbocycles. The van der Waals surface area contributed by atoms with Crippen LogP contribution in [0.25, 0.3) is 0 Å². The molecule has 3 rings (SSSR count). The van der Waals surface area contributed by atoms with Crippen LogP contribution < -0.4 is 18.9 Å². The third kappa shape index (κ3) is 16.3. The summed E-state index contributed by atoms with van der Waals surface area (Å²) in [6.45, 7) is 10.6. The first-order chi connectivity index (χ1) is 26.4. The van der Waals surface area contributed by atoms with Gasteiger partial charge in [-0.1, -0.05) is 39.0 Å². The van der Waals surface area contributed by atoms with Gasteiger partial charge in [0.15, 0.2) is 0 Å². The minimum absolute atomic E-state index is 0.292. The van der Waals surface area contributed by atoms with Crippen LogP contribution in [0.1, 0.15) is 91.8 Å². The minimum atomic E-state index is -0.507. The molecule has 11 nitrogen and oxygen atoms in total. The lowest BCUT2D eigenvalue weighted by Crippen LogP contribution is -2.10.